The van der Waals surface area contributed by atoms with E-state index in [9.17, 15) is 34.5 Å². The minimum Gasteiger partial charge on any atom is -0.507 e. The molecular weight excluding hydrogens is 734 g/mol. The number of aliphatic imine (C=N–C) groups is 1. The number of Topliss-reactive ketones (excluding diaryl/α,β-unsaturated/α-hetero) is 2. The van der Waals surface area contributed by atoms with E-state index in [4.69, 9.17) is 23.9 Å². The minimum atomic E-state index is -1.99. The van der Waals surface area contributed by atoms with Gasteiger partial charge in [0.2, 0.25) is 5.78 Å². The molecule has 5 bridgehead atoms. The van der Waals surface area contributed by atoms with Crippen LogP contribution in [0.5, 0.6) is 11.5 Å². The summed E-state index contributed by atoms with van der Waals surface area (Å²) in [6.07, 6.45) is 5.38. The smallest absolute Gasteiger partial charge is 0.312 e. The van der Waals surface area contributed by atoms with E-state index >= 15 is 0 Å². The lowest BCUT2D eigenvalue weighted by atomic mass is 9.78. The van der Waals surface area contributed by atoms with Gasteiger partial charge >= 0.3 is 11.8 Å². The summed E-state index contributed by atoms with van der Waals surface area (Å²) >= 11 is 0. The molecule has 0 spiro atoms. The van der Waals surface area contributed by atoms with Gasteiger partial charge in [0.1, 0.15) is 40.3 Å². The van der Waals surface area contributed by atoms with Gasteiger partial charge in [0.05, 0.1) is 35.7 Å². The number of aliphatic hydroxyl groups is 2. The molecule has 302 valence electrons. The SMILES string of the molecule is COC1C=COC2(C)Oc3c(C)c(O)c4c(c3C2=O)-c2nc3cc(C)ccn3c2C(=NC(=O)C(C)=CC=CC(C)C(O)C(C)C(O)C(C)C(OC(C)=O)C1C)C4=O. The number of ketones is 2. The van der Waals surface area contributed by atoms with Crippen LogP contribution in [0.25, 0.3) is 16.9 Å². The number of imidazole rings is 1. The van der Waals surface area contributed by atoms with Gasteiger partial charge in [-0.3, -0.25) is 23.6 Å². The predicted octanol–water partition coefficient (Wildman–Crippen LogP) is 5.39. The van der Waals surface area contributed by atoms with Gasteiger partial charge in [0, 0.05) is 67.5 Å². The summed E-state index contributed by atoms with van der Waals surface area (Å²) in [5, 5.41) is 34.5. The number of hydrogen-bond donors (Lipinski definition) is 3. The van der Waals surface area contributed by atoms with E-state index < -0.39 is 83.1 Å². The number of phenolic OH excluding ortho intramolecular Hbond substituents is 1. The lowest BCUT2D eigenvalue weighted by molar-refractivity contribution is -0.160. The summed E-state index contributed by atoms with van der Waals surface area (Å²) in [7, 11) is 1.45. The number of aromatic hydroxyl groups is 1. The average molecular weight is 784 g/mol. The van der Waals surface area contributed by atoms with E-state index in [2.05, 4.69) is 4.99 Å². The molecule has 0 fully saturated rings. The predicted molar refractivity (Wildman–Crippen MR) is 209 cm³/mol. The summed E-state index contributed by atoms with van der Waals surface area (Å²) in [6, 6.07) is 3.57. The number of rotatable bonds is 2. The van der Waals surface area contributed by atoms with Gasteiger partial charge in [-0.05, 0) is 44.5 Å². The molecule has 3 aromatic rings. The van der Waals surface area contributed by atoms with Gasteiger partial charge in [-0.25, -0.2) is 9.98 Å². The van der Waals surface area contributed by atoms with Crippen molar-refractivity contribution in [1.82, 2.24) is 9.38 Å². The fourth-order valence-electron chi connectivity index (χ4n) is 7.96. The van der Waals surface area contributed by atoms with Gasteiger partial charge in [-0.1, -0.05) is 45.9 Å². The molecule has 9 unspecified atom stereocenters. The van der Waals surface area contributed by atoms with Gasteiger partial charge in [0.15, 0.2) is 0 Å². The van der Waals surface area contributed by atoms with E-state index in [0.29, 0.717) is 5.65 Å². The minimum absolute atomic E-state index is 0.00776. The zero-order valence-corrected chi connectivity index (χ0v) is 33.7. The highest BCUT2D eigenvalue weighted by atomic mass is 16.7. The van der Waals surface area contributed by atoms with Crippen molar-refractivity contribution in [3.05, 3.63) is 82.4 Å². The lowest BCUT2D eigenvalue weighted by Gasteiger charge is -2.38. The average Bonchev–Trinajstić information content (AvgIpc) is 3.67. The third-order valence-corrected chi connectivity index (χ3v) is 11.4. The highest BCUT2D eigenvalue weighted by Crippen LogP contribution is 2.52. The number of amides is 1. The molecule has 1 amide bonds. The normalized spacial score (nSPS) is 29.4. The first-order chi connectivity index (χ1) is 26.8. The summed E-state index contributed by atoms with van der Waals surface area (Å²) < 4.78 is 25.4. The number of pyridine rings is 1. The molecule has 2 aromatic heterocycles. The Hall–Kier alpha value is -5.44. The topological polar surface area (TPSA) is 196 Å². The van der Waals surface area contributed by atoms with E-state index in [-0.39, 0.29) is 50.7 Å². The summed E-state index contributed by atoms with van der Waals surface area (Å²) in [5.41, 5.74) is 1.26. The van der Waals surface area contributed by atoms with Gasteiger partial charge < -0.3 is 34.3 Å². The number of fused-ring (bicyclic) bond motifs is 6. The molecule has 14 heteroatoms. The molecule has 0 saturated carbocycles. The van der Waals surface area contributed by atoms with Crippen LogP contribution in [0.15, 0.2) is 59.5 Å². The number of ether oxygens (including phenoxy) is 4. The number of esters is 1. The Morgan fingerprint density at radius 1 is 0.965 bits per heavy atom. The third-order valence-electron chi connectivity index (χ3n) is 11.4. The Balaban J connectivity index is 1.56. The molecule has 3 aliphatic rings. The number of phenols is 1. The second kappa shape index (κ2) is 15.5. The van der Waals surface area contributed by atoms with Crippen molar-refractivity contribution in [2.24, 2.45) is 28.7 Å². The van der Waals surface area contributed by atoms with Crippen LogP contribution in [-0.4, -0.2) is 91.2 Å². The number of carbonyl (C=O) groups is 4. The van der Waals surface area contributed by atoms with Gasteiger partial charge in [-0.2, -0.15) is 0 Å². The summed E-state index contributed by atoms with van der Waals surface area (Å²) in [6.45, 7) is 14.5. The van der Waals surface area contributed by atoms with Crippen molar-refractivity contribution in [2.75, 3.05) is 7.11 Å². The van der Waals surface area contributed by atoms with E-state index in [1.165, 1.54) is 53.2 Å². The van der Waals surface area contributed by atoms with Crippen molar-refractivity contribution >= 4 is 34.8 Å². The second-order valence-electron chi connectivity index (χ2n) is 15.5. The molecule has 3 N–H and O–H groups in total. The zero-order valence-electron chi connectivity index (χ0n) is 33.7. The van der Waals surface area contributed by atoms with Crippen molar-refractivity contribution in [3.8, 4) is 22.8 Å². The number of aromatic nitrogens is 2. The molecule has 6 rings (SSSR count). The Kier molecular flexibility index (Phi) is 11.2. The Bertz CT molecular complexity index is 2300. The zero-order chi connectivity index (χ0) is 41.8. The van der Waals surface area contributed by atoms with E-state index in [0.717, 1.165) is 5.56 Å². The van der Waals surface area contributed by atoms with Crippen molar-refractivity contribution in [1.29, 1.82) is 0 Å². The molecule has 1 aliphatic carbocycles. The van der Waals surface area contributed by atoms with Gasteiger partial charge in [0.25, 0.3) is 11.7 Å². The molecular formula is C43H49N3O11. The molecule has 57 heavy (non-hydrogen) atoms. The van der Waals surface area contributed by atoms with E-state index in [1.807, 2.05) is 6.92 Å². The number of hydrogen-bond acceptors (Lipinski definition) is 12. The van der Waals surface area contributed by atoms with Crippen LogP contribution in [0.2, 0.25) is 0 Å². The molecule has 2 aliphatic heterocycles. The highest BCUT2D eigenvalue weighted by Gasteiger charge is 2.52. The van der Waals surface area contributed by atoms with Crippen LogP contribution in [0.1, 0.15) is 86.0 Å². The Labute approximate surface area is 330 Å². The maximum atomic E-state index is 14.5. The van der Waals surface area contributed by atoms with Crippen molar-refractivity contribution in [2.45, 2.75) is 92.5 Å². The molecule has 14 nitrogen and oxygen atoms in total. The van der Waals surface area contributed by atoms with Crippen LogP contribution < -0.4 is 4.74 Å². The van der Waals surface area contributed by atoms with Crippen LogP contribution >= 0.6 is 0 Å². The first kappa shape index (κ1) is 41.2. The number of aliphatic hydroxyl groups excluding tert-OH is 2. The quantitative estimate of drug-likeness (QED) is 0.281. The molecule has 4 heterocycles. The number of nitrogens with zero attached hydrogens (tertiary/aromatic N) is 3. The maximum absolute atomic E-state index is 14.5. The second-order valence-corrected chi connectivity index (χ2v) is 15.5. The highest BCUT2D eigenvalue weighted by molar-refractivity contribution is 6.56. The molecule has 1 aromatic carbocycles. The summed E-state index contributed by atoms with van der Waals surface area (Å²) in [4.78, 5) is 64.2. The first-order valence-corrected chi connectivity index (χ1v) is 18.9. The van der Waals surface area contributed by atoms with Gasteiger partial charge in [-0.15, -0.1) is 0 Å². The molecule has 0 radical (unpaired) electrons. The van der Waals surface area contributed by atoms with Crippen molar-refractivity contribution in [3.63, 3.8) is 0 Å². The fraction of sp³-hybridized carbons (Fsp3) is 0.442. The maximum Gasteiger partial charge on any atom is 0.312 e. The van der Waals surface area contributed by atoms with Crippen LogP contribution in [0, 0.1) is 37.5 Å². The number of allylic oxidation sites excluding steroid dienone is 2. The lowest BCUT2D eigenvalue weighted by Crippen LogP contribution is -2.46. The standard InChI is InChI=1S/C43H49N3O11/c1-19-14-16-46-28(18-19)44-32-29-30-37(50)25(7)40-31(29)41(52)43(9,57-40)55-17-15-27(54-10)22(4)39(56-26(8)47)24(6)36(49)23(5)35(48)20(2)12-11-13-21(3)42(53)45-33(34(32)46)38(30)51/h11-18,20,22-24,27,35-36,39,48-50H,1-10H3. The largest absolute Gasteiger partial charge is 0.507 e. The van der Waals surface area contributed by atoms with E-state index in [1.54, 1.807) is 62.6 Å². The van der Waals surface area contributed by atoms with Crippen LogP contribution in [-0.2, 0) is 23.8 Å². The van der Waals surface area contributed by atoms with Crippen LogP contribution in [0.4, 0.5) is 0 Å². The number of aryl methyl sites for hydroxylation is 1. The summed E-state index contributed by atoms with van der Waals surface area (Å²) in [5.74, 6) is -7.67. The molecule has 0 saturated heterocycles. The number of benzene rings is 1. The Morgan fingerprint density at radius 2 is 1.67 bits per heavy atom. The van der Waals surface area contributed by atoms with Crippen molar-refractivity contribution < 1.29 is 53.4 Å². The fourth-order valence-corrected chi connectivity index (χ4v) is 7.96. The third kappa shape index (κ3) is 7.10. The molecule has 9 atom stereocenters. The first-order valence-electron chi connectivity index (χ1n) is 18.9. The van der Waals surface area contributed by atoms with Crippen LogP contribution in [0.3, 0.4) is 0 Å². The monoisotopic (exact) mass is 783 g/mol. The Morgan fingerprint density at radius 3 is 2.33 bits per heavy atom. The number of carbonyl (C=O) groups excluding carboxylic acids is 4. The number of methoxy groups -OCH3 is 1.